The summed E-state index contributed by atoms with van der Waals surface area (Å²) in [5.74, 6) is 0.869. The highest BCUT2D eigenvalue weighted by molar-refractivity contribution is 7.80. The van der Waals surface area contributed by atoms with Gasteiger partial charge in [-0.25, -0.2) is 0 Å². The minimum atomic E-state index is 0.316. The summed E-state index contributed by atoms with van der Waals surface area (Å²) in [5.41, 5.74) is 4.00. The van der Waals surface area contributed by atoms with Crippen LogP contribution in [0.4, 0.5) is 0 Å². The molecule has 120 valence electrons. The molecule has 0 bridgehead atoms. The Labute approximate surface area is 143 Å². The zero-order valence-electron chi connectivity index (χ0n) is 13.3. The van der Waals surface area contributed by atoms with Gasteiger partial charge in [-0.3, -0.25) is 0 Å². The van der Waals surface area contributed by atoms with E-state index in [-0.39, 0.29) is 0 Å². The molecule has 0 radical (unpaired) electrons. The van der Waals surface area contributed by atoms with E-state index in [0.717, 1.165) is 12.2 Å². The second-order valence-corrected chi connectivity index (χ2v) is 6.23. The normalized spacial score (nSPS) is 16.3. The summed E-state index contributed by atoms with van der Waals surface area (Å²) in [6, 6.07) is 17.0. The molecule has 0 unspecified atom stereocenters. The summed E-state index contributed by atoms with van der Waals surface area (Å²) in [6.07, 6.45) is 3.50. The molecule has 1 aliphatic rings. The number of nitrogens with one attached hydrogen (secondary N) is 2. The lowest BCUT2D eigenvalue weighted by Gasteiger charge is -2.27. The van der Waals surface area contributed by atoms with Gasteiger partial charge < -0.3 is 15.4 Å². The van der Waals surface area contributed by atoms with E-state index in [0.29, 0.717) is 17.7 Å². The Hall–Kier alpha value is -2.07. The maximum Gasteiger partial charge on any atom is 0.167 e. The van der Waals surface area contributed by atoms with Gasteiger partial charge in [0.15, 0.2) is 5.11 Å². The van der Waals surface area contributed by atoms with Crippen LogP contribution in [0.15, 0.2) is 48.5 Å². The van der Waals surface area contributed by atoms with Gasteiger partial charge in [-0.15, -0.1) is 0 Å². The Morgan fingerprint density at radius 2 is 1.96 bits per heavy atom. The molecule has 3 rings (SSSR count). The van der Waals surface area contributed by atoms with E-state index in [1.165, 1.54) is 29.5 Å². The molecule has 4 heteroatoms. The van der Waals surface area contributed by atoms with E-state index in [2.05, 4.69) is 34.9 Å². The van der Waals surface area contributed by atoms with Gasteiger partial charge in [0.1, 0.15) is 5.75 Å². The summed E-state index contributed by atoms with van der Waals surface area (Å²) in [4.78, 5) is 0. The standard InChI is InChI=1S/C19H22N2OS/c1-22-16-11-9-14(10-12-16)13-20-19(23)21-18-8-4-6-15-5-2-3-7-17(15)18/h2-3,5,7,9-12,18H,4,6,8,13H2,1H3,(H2,20,21,23)/t18-/m1/s1. The molecule has 1 atom stereocenters. The fourth-order valence-corrected chi connectivity index (χ4v) is 3.25. The molecule has 2 aromatic rings. The van der Waals surface area contributed by atoms with Gasteiger partial charge in [-0.1, -0.05) is 36.4 Å². The van der Waals surface area contributed by atoms with Crippen molar-refractivity contribution in [2.24, 2.45) is 0 Å². The number of hydrogen-bond acceptors (Lipinski definition) is 2. The average Bonchev–Trinajstić information content (AvgIpc) is 2.61. The molecule has 0 aromatic heterocycles. The number of fused-ring (bicyclic) bond motifs is 1. The van der Waals surface area contributed by atoms with Crippen LogP contribution in [-0.4, -0.2) is 12.2 Å². The quantitative estimate of drug-likeness (QED) is 0.839. The number of benzene rings is 2. The number of ether oxygens (including phenoxy) is 1. The lowest BCUT2D eigenvalue weighted by molar-refractivity contribution is 0.414. The molecule has 0 heterocycles. The lowest BCUT2D eigenvalue weighted by atomic mass is 9.88. The molecule has 0 saturated carbocycles. The van der Waals surface area contributed by atoms with Gasteiger partial charge in [0.25, 0.3) is 0 Å². The maximum atomic E-state index is 5.46. The van der Waals surface area contributed by atoms with Crippen LogP contribution in [0.3, 0.4) is 0 Å². The summed E-state index contributed by atoms with van der Waals surface area (Å²) < 4.78 is 5.17. The fraction of sp³-hybridized carbons (Fsp3) is 0.316. The van der Waals surface area contributed by atoms with Crippen LogP contribution in [0.25, 0.3) is 0 Å². The monoisotopic (exact) mass is 326 g/mol. The first-order valence-electron chi connectivity index (χ1n) is 8.01. The molecule has 0 fully saturated rings. The molecule has 3 nitrogen and oxygen atoms in total. The molecule has 0 spiro atoms. The van der Waals surface area contributed by atoms with E-state index in [4.69, 9.17) is 17.0 Å². The third-order valence-corrected chi connectivity index (χ3v) is 4.55. The van der Waals surface area contributed by atoms with Crippen molar-refractivity contribution in [2.45, 2.75) is 31.8 Å². The van der Waals surface area contributed by atoms with Crippen molar-refractivity contribution in [1.82, 2.24) is 10.6 Å². The number of thiocarbonyl (C=S) groups is 1. The van der Waals surface area contributed by atoms with Crippen molar-refractivity contribution in [1.29, 1.82) is 0 Å². The van der Waals surface area contributed by atoms with Gasteiger partial charge in [0.2, 0.25) is 0 Å². The summed E-state index contributed by atoms with van der Waals surface area (Å²) in [6.45, 7) is 0.712. The first-order chi connectivity index (χ1) is 11.3. The Morgan fingerprint density at radius 1 is 1.17 bits per heavy atom. The number of rotatable bonds is 4. The highest BCUT2D eigenvalue weighted by Gasteiger charge is 2.19. The first-order valence-corrected chi connectivity index (χ1v) is 8.42. The predicted molar refractivity (Wildman–Crippen MR) is 97.7 cm³/mol. The van der Waals surface area contributed by atoms with Crippen LogP contribution in [0.2, 0.25) is 0 Å². The van der Waals surface area contributed by atoms with Gasteiger partial charge in [-0.05, 0) is 60.3 Å². The van der Waals surface area contributed by atoms with Crippen LogP contribution in [0, 0.1) is 0 Å². The largest absolute Gasteiger partial charge is 0.497 e. The topological polar surface area (TPSA) is 33.3 Å². The third kappa shape index (κ3) is 4.02. The smallest absolute Gasteiger partial charge is 0.167 e. The summed E-state index contributed by atoms with van der Waals surface area (Å²) in [7, 11) is 1.67. The molecule has 0 amide bonds. The van der Waals surface area contributed by atoms with E-state index >= 15 is 0 Å². The molecular weight excluding hydrogens is 304 g/mol. The third-order valence-electron chi connectivity index (χ3n) is 4.29. The van der Waals surface area contributed by atoms with E-state index in [9.17, 15) is 0 Å². The number of hydrogen-bond donors (Lipinski definition) is 2. The average molecular weight is 326 g/mol. The van der Waals surface area contributed by atoms with Crippen LogP contribution in [-0.2, 0) is 13.0 Å². The highest BCUT2D eigenvalue weighted by atomic mass is 32.1. The number of methoxy groups -OCH3 is 1. The van der Waals surface area contributed by atoms with Crippen molar-refractivity contribution in [3.8, 4) is 5.75 Å². The van der Waals surface area contributed by atoms with Gasteiger partial charge in [0, 0.05) is 6.54 Å². The molecular formula is C19H22N2OS. The van der Waals surface area contributed by atoms with Crippen molar-refractivity contribution >= 4 is 17.3 Å². The summed E-state index contributed by atoms with van der Waals surface area (Å²) >= 11 is 5.46. The lowest BCUT2D eigenvalue weighted by Crippen LogP contribution is -2.38. The Balaban J connectivity index is 1.55. The van der Waals surface area contributed by atoms with E-state index in [1.807, 2.05) is 24.3 Å². The second kappa shape index (κ2) is 7.47. The van der Waals surface area contributed by atoms with Crippen molar-refractivity contribution in [2.75, 3.05) is 7.11 Å². The molecule has 2 aromatic carbocycles. The highest BCUT2D eigenvalue weighted by Crippen LogP contribution is 2.29. The number of aryl methyl sites for hydroxylation is 1. The fourth-order valence-electron chi connectivity index (χ4n) is 3.04. The Bertz CT molecular complexity index is 669. The van der Waals surface area contributed by atoms with Crippen LogP contribution in [0.5, 0.6) is 5.75 Å². The summed E-state index contributed by atoms with van der Waals surface area (Å²) in [5, 5.41) is 7.47. The second-order valence-electron chi connectivity index (χ2n) is 5.82. The molecule has 0 saturated heterocycles. The zero-order valence-corrected chi connectivity index (χ0v) is 14.2. The maximum absolute atomic E-state index is 5.46. The minimum Gasteiger partial charge on any atom is -0.497 e. The van der Waals surface area contributed by atoms with Crippen LogP contribution < -0.4 is 15.4 Å². The van der Waals surface area contributed by atoms with Gasteiger partial charge in [-0.2, -0.15) is 0 Å². The van der Waals surface area contributed by atoms with E-state index < -0.39 is 0 Å². The minimum absolute atomic E-state index is 0.316. The molecule has 23 heavy (non-hydrogen) atoms. The van der Waals surface area contributed by atoms with Crippen molar-refractivity contribution in [3.05, 3.63) is 65.2 Å². The van der Waals surface area contributed by atoms with Gasteiger partial charge >= 0.3 is 0 Å². The van der Waals surface area contributed by atoms with Crippen LogP contribution in [0.1, 0.15) is 35.6 Å². The van der Waals surface area contributed by atoms with Crippen LogP contribution >= 0.6 is 12.2 Å². The Morgan fingerprint density at radius 3 is 2.74 bits per heavy atom. The predicted octanol–water partition coefficient (Wildman–Crippen LogP) is 3.74. The van der Waals surface area contributed by atoms with Crippen molar-refractivity contribution in [3.63, 3.8) is 0 Å². The first kappa shape index (κ1) is 15.8. The molecule has 0 aliphatic heterocycles. The SMILES string of the molecule is COc1ccc(CNC(=S)N[C@@H]2CCCc3ccccc32)cc1. The molecule has 2 N–H and O–H groups in total. The zero-order chi connectivity index (χ0) is 16.1. The Kier molecular flexibility index (Phi) is 5.13. The van der Waals surface area contributed by atoms with Gasteiger partial charge in [0.05, 0.1) is 13.2 Å². The molecule has 1 aliphatic carbocycles. The van der Waals surface area contributed by atoms with E-state index in [1.54, 1.807) is 7.11 Å². The van der Waals surface area contributed by atoms with Crippen molar-refractivity contribution < 1.29 is 4.74 Å².